The maximum absolute atomic E-state index is 13.2. The van der Waals surface area contributed by atoms with Crippen LogP contribution >= 0.6 is 0 Å². The molecule has 2 heterocycles. The van der Waals surface area contributed by atoms with Crippen LogP contribution in [0.3, 0.4) is 0 Å². The van der Waals surface area contributed by atoms with Crippen molar-refractivity contribution in [2.75, 3.05) is 13.2 Å². The Morgan fingerprint density at radius 3 is 2.75 bits per heavy atom. The molecule has 0 saturated carbocycles. The van der Waals surface area contributed by atoms with E-state index in [0.717, 1.165) is 50.6 Å². The van der Waals surface area contributed by atoms with Crippen LogP contribution in [-0.4, -0.2) is 34.2 Å². The maximum Gasteiger partial charge on any atom is 0.412 e. The number of benzene rings is 2. The summed E-state index contributed by atoms with van der Waals surface area (Å²) in [5.41, 5.74) is 6.22. The van der Waals surface area contributed by atoms with Crippen molar-refractivity contribution >= 4 is 11.0 Å². The Hall–Kier alpha value is -3.74. The van der Waals surface area contributed by atoms with Crippen LogP contribution in [0.15, 0.2) is 84.1 Å². The molecule has 0 bridgehead atoms. The van der Waals surface area contributed by atoms with Gasteiger partial charge in [-0.2, -0.15) is 13.2 Å². The molecule has 0 fully saturated rings. The number of aromatic amines is 1. The second-order valence-corrected chi connectivity index (χ2v) is 9.34. The van der Waals surface area contributed by atoms with Gasteiger partial charge in [0, 0.05) is 29.3 Å². The smallest absolute Gasteiger partial charge is 0.412 e. The molecule has 0 saturated heterocycles. The summed E-state index contributed by atoms with van der Waals surface area (Å²) in [5, 5.41) is 0. The van der Waals surface area contributed by atoms with Gasteiger partial charge >= 0.3 is 6.18 Å². The van der Waals surface area contributed by atoms with Crippen molar-refractivity contribution in [2.24, 2.45) is 5.92 Å². The SMILES string of the molecule is C=C(CC1C=CC=C/C1=C(/C)N1CCOc2ccc(-c3ccc4nc(C)[nH]c4c3)cc2C1)C(F)(F)F. The van der Waals surface area contributed by atoms with Crippen LogP contribution < -0.4 is 4.74 Å². The number of nitrogens with zero attached hydrogens (tertiary/aromatic N) is 2. The first-order valence-electron chi connectivity index (χ1n) is 12.0. The van der Waals surface area contributed by atoms with E-state index in [1.807, 2.05) is 44.2 Å². The number of aryl methyl sites for hydroxylation is 1. The van der Waals surface area contributed by atoms with Crippen molar-refractivity contribution < 1.29 is 17.9 Å². The molecule has 0 spiro atoms. The Kier molecular flexibility index (Phi) is 6.24. The highest BCUT2D eigenvalue weighted by Gasteiger charge is 2.34. The number of fused-ring (bicyclic) bond motifs is 2. The second-order valence-electron chi connectivity index (χ2n) is 9.34. The van der Waals surface area contributed by atoms with Gasteiger partial charge in [0.1, 0.15) is 18.2 Å². The Balaban J connectivity index is 1.44. The lowest BCUT2D eigenvalue weighted by molar-refractivity contribution is -0.0941. The average molecular weight is 492 g/mol. The van der Waals surface area contributed by atoms with Gasteiger partial charge in [-0.25, -0.2) is 4.98 Å². The van der Waals surface area contributed by atoms with Crippen molar-refractivity contribution in [3.8, 4) is 16.9 Å². The number of hydrogen-bond acceptors (Lipinski definition) is 3. The molecule has 5 rings (SSSR count). The normalized spacial score (nSPS) is 19.1. The van der Waals surface area contributed by atoms with Crippen LogP contribution in [0, 0.1) is 12.8 Å². The van der Waals surface area contributed by atoms with E-state index >= 15 is 0 Å². The lowest BCUT2D eigenvalue weighted by Gasteiger charge is -2.29. The predicted octanol–water partition coefficient (Wildman–Crippen LogP) is 7.26. The first-order valence-corrected chi connectivity index (χ1v) is 12.0. The number of alkyl halides is 3. The van der Waals surface area contributed by atoms with E-state index in [4.69, 9.17) is 4.74 Å². The molecule has 1 N–H and O–H groups in total. The highest BCUT2D eigenvalue weighted by molar-refractivity contribution is 5.82. The van der Waals surface area contributed by atoms with Crippen molar-refractivity contribution in [1.29, 1.82) is 0 Å². The number of ether oxygens (including phenoxy) is 1. The van der Waals surface area contributed by atoms with E-state index in [0.29, 0.717) is 19.7 Å². The van der Waals surface area contributed by atoms with Crippen molar-refractivity contribution in [3.63, 3.8) is 0 Å². The largest absolute Gasteiger partial charge is 0.491 e. The Labute approximate surface area is 208 Å². The van der Waals surface area contributed by atoms with Crippen LogP contribution in [0.1, 0.15) is 24.7 Å². The van der Waals surface area contributed by atoms with Gasteiger partial charge in [-0.1, -0.05) is 43.0 Å². The molecule has 36 heavy (non-hydrogen) atoms. The summed E-state index contributed by atoms with van der Waals surface area (Å²) in [6.45, 7) is 8.94. The van der Waals surface area contributed by atoms with E-state index < -0.39 is 11.7 Å². The van der Waals surface area contributed by atoms with Crippen LogP contribution in [0.25, 0.3) is 22.2 Å². The quantitative estimate of drug-likeness (QED) is 0.391. The highest BCUT2D eigenvalue weighted by atomic mass is 19.4. The minimum atomic E-state index is -4.39. The summed E-state index contributed by atoms with van der Waals surface area (Å²) in [4.78, 5) is 9.96. The Bertz CT molecular complexity index is 1410. The Morgan fingerprint density at radius 1 is 1.17 bits per heavy atom. The summed E-state index contributed by atoms with van der Waals surface area (Å²) < 4.78 is 45.6. The number of allylic oxidation sites excluding steroid dienone is 7. The molecule has 186 valence electrons. The molecule has 7 heteroatoms. The molecule has 0 amide bonds. The Morgan fingerprint density at radius 2 is 1.94 bits per heavy atom. The summed E-state index contributed by atoms with van der Waals surface area (Å²) >= 11 is 0. The standard InChI is InChI=1S/C29H28F3N3O/c1-18(29(30,31)32)14-23-6-4-5-7-25(23)19(2)35-12-13-36-28-11-9-21(15-24(28)17-35)22-8-10-26-27(16-22)34-20(3)33-26/h4-11,15-16,23H,1,12-14,17H2,2-3H3,(H,33,34)/b25-19+. The third-order valence-corrected chi connectivity index (χ3v) is 6.86. The summed E-state index contributed by atoms with van der Waals surface area (Å²) in [6, 6.07) is 12.3. The fraction of sp³-hybridized carbons (Fsp3) is 0.276. The monoisotopic (exact) mass is 491 g/mol. The van der Waals surface area contributed by atoms with Gasteiger partial charge in [0.15, 0.2) is 0 Å². The second kappa shape index (κ2) is 9.37. The average Bonchev–Trinajstić information content (AvgIpc) is 3.08. The molecule has 1 aliphatic heterocycles. The molecule has 1 aliphatic carbocycles. The molecular formula is C29H28F3N3O. The van der Waals surface area contributed by atoms with Gasteiger partial charge < -0.3 is 14.6 Å². The lowest BCUT2D eigenvalue weighted by Crippen LogP contribution is -2.26. The first-order chi connectivity index (χ1) is 17.2. The van der Waals surface area contributed by atoms with Crippen LogP contribution in [0.4, 0.5) is 13.2 Å². The number of imidazole rings is 1. The number of hydrogen-bond donors (Lipinski definition) is 1. The predicted molar refractivity (Wildman–Crippen MR) is 136 cm³/mol. The molecule has 1 aromatic heterocycles. The number of rotatable bonds is 4. The fourth-order valence-corrected chi connectivity index (χ4v) is 4.89. The molecular weight excluding hydrogens is 463 g/mol. The summed E-state index contributed by atoms with van der Waals surface area (Å²) in [5.74, 6) is 1.34. The summed E-state index contributed by atoms with van der Waals surface area (Å²) in [7, 11) is 0. The molecule has 4 nitrogen and oxygen atoms in total. The number of aromatic nitrogens is 2. The molecule has 2 aromatic carbocycles. The number of nitrogens with one attached hydrogen (secondary N) is 1. The number of halogens is 3. The minimum absolute atomic E-state index is 0.155. The number of H-pyrrole nitrogens is 1. The van der Waals surface area contributed by atoms with E-state index in [1.54, 1.807) is 6.08 Å². The fourth-order valence-electron chi connectivity index (χ4n) is 4.89. The van der Waals surface area contributed by atoms with Gasteiger partial charge in [0.05, 0.1) is 17.6 Å². The van der Waals surface area contributed by atoms with Crippen LogP contribution in [-0.2, 0) is 6.54 Å². The zero-order valence-corrected chi connectivity index (χ0v) is 20.3. The zero-order valence-electron chi connectivity index (χ0n) is 20.3. The van der Waals surface area contributed by atoms with Crippen LogP contribution in [0.5, 0.6) is 5.75 Å². The van der Waals surface area contributed by atoms with Gasteiger partial charge in [-0.05, 0) is 61.2 Å². The van der Waals surface area contributed by atoms with Gasteiger partial charge in [0.25, 0.3) is 0 Å². The van der Waals surface area contributed by atoms with E-state index in [9.17, 15) is 13.2 Å². The van der Waals surface area contributed by atoms with Crippen LogP contribution in [0.2, 0.25) is 0 Å². The van der Waals surface area contributed by atoms with Crippen molar-refractivity contribution in [3.05, 3.63) is 95.5 Å². The molecule has 3 aromatic rings. The third kappa shape index (κ3) is 4.83. The first kappa shape index (κ1) is 24.0. The minimum Gasteiger partial charge on any atom is -0.491 e. The van der Waals surface area contributed by atoms with Gasteiger partial charge in [-0.15, -0.1) is 0 Å². The molecule has 1 unspecified atom stereocenters. The van der Waals surface area contributed by atoms with E-state index in [-0.39, 0.29) is 12.3 Å². The maximum atomic E-state index is 13.2. The third-order valence-electron chi connectivity index (χ3n) is 6.86. The highest BCUT2D eigenvalue weighted by Crippen LogP contribution is 2.37. The topological polar surface area (TPSA) is 41.1 Å². The molecule has 0 radical (unpaired) electrons. The summed E-state index contributed by atoms with van der Waals surface area (Å²) in [6.07, 6.45) is 2.86. The molecule has 2 aliphatic rings. The zero-order chi connectivity index (χ0) is 25.4. The van der Waals surface area contributed by atoms with Gasteiger partial charge in [-0.3, -0.25) is 0 Å². The van der Waals surface area contributed by atoms with E-state index in [2.05, 4.69) is 45.7 Å². The van der Waals surface area contributed by atoms with E-state index in [1.165, 1.54) is 0 Å². The lowest BCUT2D eigenvalue weighted by atomic mass is 9.87. The van der Waals surface area contributed by atoms with Gasteiger partial charge in [0.2, 0.25) is 0 Å². The molecule has 1 atom stereocenters. The van der Waals surface area contributed by atoms with Crippen molar-refractivity contribution in [2.45, 2.75) is 33.0 Å². The van der Waals surface area contributed by atoms with Crippen molar-refractivity contribution in [1.82, 2.24) is 14.9 Å².